The van der Waals surface area contributed by atoms with Crippen LogP contribution in [0.2, 0.25) is 0 Å². The minimum absolute atomic E-state index is 0.206. The molecule has 162 valence electrons. The maximum atomic E-state index is 11.5. The predicted octanol–water partition coefficient (Wildman–Crippen LogP) is 4.76. The molecule has 10 heteroatoms. The van der Waals surface area contributed by atoms with Crippen molar-refractivity contribution in [3.05, 3.63) is 47.1 Å². The van der Waals surface area contributed by atoms with Crippen LogP contribution in [0, 0.1) is 0 Å². The first-order chi connectivity index (χ1) is 14.9. The molecule has 0 fully saturated rings. The highest BCUT2D eigenvalue weighted by Crippen LogP contribution is 2.40. The Morgan fingerprint density at radius 1 is 1.00 bits per heavy atom. The van der Waals surface area contributed by atoms with Crippen LogP contribution in [0.4, 0.5) is 17.3 Å². The molecule has 1 heterocycles. The highest BCUT2D eigenvalue weighted by molar-refractivity contribution is 9.10. The van der Waals surface area contributed by atoms with E-state index in [1.54, 1.807) is 42.6 Å². The molecule has 0 atom stereocenters. The molecule has 1 amide bonds. The summed E-state index contributed by atoms with van der Waals surface area (Å²) < 4.78 is 22.5. The molecule has 3 rings (SSSR count). The lowest BCUT2D eigenvalue weighted by atomic mass is 10.2. The van der Waals surface area contributed by atoms with Crippen molar-refractivity contribution in [1.82, 2.24) is 9.97 Å². The number of para-hydroxylation sites is 2. The predicted molar refractivity (Wildman–Crippen MR) is 120 cm³/mol. The summed E-state index contributed by atoms with van der Waals surface area (Å²) in [6, 6.07) is 10.5. The molecule has 0 bridgehead atoms. The van der Waals surface area contributed by atoms with Crippen molar-refractivity contribution in [3.63, 3.8) is 0 Å². The van der Waals surface area contributed by atoms with Crippen LogP contribution in [0.15, 0.2) is 47.1 Å². The van der Waals surface area contributed by atoms with Crippen LogP contribution in [-0.4, -0.2) is 37.2 Å². The Hall–Kier alpha value is -3.53. The minimum atomic E-state index is -0.206. The van der Waals surface area contributed by atoms with Gasteiger partial charge in [0.15, 0.2) is 17.2 Å². The molecule has 0 spiro atoms. The van der Waals surface area contributed by atoms with Crippen molar-refractivity contribution in [2.24, 2.45) is 0 Å². The van der Waals surface area contributed by atoms with E-state index < -0.39 is 0 Å². The smallest absolute Gasteiger partial charge is 0.238 e. The molecule has 0 saturated carbocycles. The molecule has 31 heavy (non-hydrogen) atoms. The van der Waals surface area contributed by atoms with Gasteiger partial charge >= 0.3 is 0 Å². The first-order valence-corrected chi connectivity index (χ1v) is 9.88. The molecule has 0 saturated heterocycles. The molecule has 0 aliphatic heterocycles. The minimum Gasteiger partial charge on any atom is -0.493 e. The van der Waals surface area contributed by atoms with Gasteiger partial charge in [0, 0.05) is 24.7 Å². The van der Waals surface area contributed by atoms with Crippen molar-refractivity contribution in [2.75, 3.05) is 32.0 Å². The van der Waals surface area contributed by atoms with Crippen LogP contribution in [-0.2, 0) is 4.79 Å². The Kier molecular flexibility index (Phi) is 7.14. The third-order valence-electron chi connectivity index (χ3n) is 4.04. The number of methoxy groups -OCH3 is 3. The monoisotopic (exact) mass is 488 g/mol. The molecular weight excluding hydrogens is 468 g/mol. The first kappa shape index (κ1) is 22.2. The second-order valence-corrected chi connectivity index (χ2v) is 7.02. The lowest BCUT2D eigenvalue weighted by Crippen LogP contribution is -2.07. The van der Waals surface area contributed by atoms with Gasteiger partial charge in [0.25, 0.3) is 0 Å². The molecule has 3 aromatic rings. The highest BCUT2D eigenvalue weighted by atomic mass is 79.9. The van der Waals surface area contributed by atoms with Crippen molar-refractivity contribution in [3.8, 4) is 28.9 Å². The van der Waals surface area contributed by atoms with Crippen molar-refractivity contribution >= 4 is 39.2 Å². The van der Waals surface area contributed by atoms with E-state index in [-0.39, 0.29) is 17.7 Å². The average molecular weight is 489 g/mol. The second-order valence-electron chi connectivity index (χ2n) is 6.17. The van der Waals surface area contributed by atoms with Gasteiger partial charge in [-0.05, 0) is 28.1 Å². The molecule has 0 aliphatic carbocycles. The summed E-state index contributed by atoms with van der Waals surface area (Å²) in [5, 5.41) is 5.82. The number of benzene rings is 2. The number of anilines is 3. The molecule has 9 nitrogen and oxygen atoms in total. The number of ether oxygens (including phenoxy) is 4. The normalized spacial score (nSPS) is 10.2. The zero-order valence-corrected chi connectivity index (χ0v) is 18.9. The van der Waals surface area contributed by atoms with Gasteiger partial charge in [0.05, 0.1) is 37.7 Å². The summed E-state index contributed by atoms with van der Waals surface area (Å²) in [5.41, 5.74) is 1.15. The summed E-state index contributed by atoms with van der Waals surface area (Å²) in [6.07, 6.45) is 1.56. The van der Waals surface area contributed by atoms with Crippen LogP contribution in [0.5, 0.6) is 28.9 Å². The topological polar surface area (TPSA) is 104 Å². The maximum Gasteiger partial charge on any atom is 0.238 e. The summed E-state index contributed by atoms with van der Waals surface area (Å²) in [7, 11) is 4.61. The van der Waals surface area contributed by atoms with Gasteiger partial charge in [-0.2, -0.15) is 4.98 Å². The lowest BCUT2D eigenvalue weighted by Gasteiger charge is -2.15. The molecule has 2 N–H and O–H groups in total. The number of nitrogens with zero attached hydrogens (tertiary/aromatic N) is 2. The fourth-order valence-electron chi connectivity index (χ4n) is 2.72. The number of carbonyl (C=O) groups excluding carboxylic acids is 1. The Balaban J connectivity index is 1.90. The molecule has 0 unspecified atom stereocenters. The zero-order chi connectivity index (χ0) is 22.4. The number of carbonyl (C=O) groups is 1. The first-order valence-electron chi connectivity index (χ1n) is 9.09. The van der Waals surface area contributed by atoms with Crippen LogP contribution in [0.1, 0.15) is 6.92 Å². The van der Waals surface area contributed by atoms with Gasteiger partial charge in [-0.25, -0.2) is 4.98 Å². The summed E-state index contributed by atoms with van der Waals surface area (Å²) in [6.45, 7) is 1.43. The van der Waals surface area contributed by atoms with Crippen molar-refractivity contribution in [2.45, 2.75) is 6.92 Å². The number of nitrogens with one attached hydrogen (secondary N) is 2. The zero-order valence-electron chi connectivity index (χ0n) is 17.4. The van der Waals surface area contributed by atoms with Gasteiger partial charge in [-0.1, -0.05) is 12.1 Å². The van der Waals surface area contributed by atoms with Crippen LogP contribution in [0.25, 0.3) is 0 Å². The fourth-order valence-corrected chi connectivity index (χ4v) is 2.99. The number of rotatable bonds is 8. The molecular formula is C21H21BrN4O5. The summed E-state index contributed by atoms with van der Waals surface area (Å²) >= 11 is 3.39. The Labute approximate surface area is 187 Å². The standard InChI is InChI=1S/C21H21BrN4O5/c1-12(27)24-15-7-5-6-8-16(15)31-20-14(22)11-23-21(26-20)25-13-9-17(28-2)19(30-4)18(10-13)29-3/h5-11H,1-4H3,(H,24,27)(H,23,25,26). The molecule has 0 aliphatic rings. The average Bonchev–Trinajstić information content (AvgIpc) is 2.76. The van der Waals surface area contributed by atoms with Gasteiger partial charge in [0.2, 0.25) is 23.5 Å². The summed E-state index contributed by atoms with van der Waals surface area (Å²) in [4.78, 5) is 20.1. The Morgan fingerprint density at radius 3 is 2.29 bits per heavy atom. The largest absolute Gasteiger partial charge is 0.493 e. The lowest BCUT2D eigenvalue weighted by molar-refractivity contribution is -0.114. The van der Waals surface area contributed by atoms with E-state index in [1.807, 2.05) is 0 Å². The van der Waals surface area contributed by atoms with Crippen molar-refractivity contribution < 1.29 is 23.7 Å². The number of aromatic nitrogens is 2. The SMILES string of the molecule is COc1cc(Nc2ncc(Br)c(Oc3ccccc3NC(C)=O)n2)cc(OC)c1OC. The van der Waals surface area contributed by atoms with Gasteiger partial charge in [-0.3, -0.25) is 4.79 Å². The van der Waals surface area contributed by atoms with Crippen molar-refractivity contribution in [1.29, 1.82) is 0 Å². The highest BCUT2D eigenvalue weighted by Gasteiger charge is 2.15. The van der Waals surface area contributed by atoms with Gasteiger partial charge in [0.1, 0.15) is 0 Å². The van der Waals surface area contributed by atoms with Gasteiger partial charge in [-0.15, -0.1) is 0 Å². The molecule has 2 aromatic carbocycles. The van der Waals surface area contributed by atoms with E-state index in [0.717, 1.165) is 0 Å². The fraction of sp³-hybridized carbons (Fsp3) is 0.190. The molecule has 1 aromatic heterocycles. The third kappa shape index (κ3) is 5.34. The third-order valence-corrected chi connectivity index (χ3v) is 4.58. The number of hydrogen-bond donors (Lipinski definition) is 2. The van der Waals surface area contributed by atoms with E-state index in [4.69, 9.17) is 18.9 Å². The Bertz CT molecular complexity index is 1070. The van der Waals surface area contributed by atoms with Gasteiger partial charge < -0.3 is 29.6 Å². The number of halogens is 1. The van der Waals surface area contributed by atoms with E-state index in [9.17, 15) is 4.79 Å². The van der Waals surface area contributed by atoms with Crippen LogP contribution in [0.3, 0.4) is 0 Å². The van der Waals surface area contributed by atoms with E-state index >= 15 is 0 Å². The van der Waals surface area contributed by atoms with E-state index in [0.29, 0.717) is 38.8 Å². The quantitative estimate of drug-likeness (QED) is 0.467. The second kappa shape index (κ2) is 9.98. The maximum absolute atomic E-state index is 11.5. The summed E-state index contributed by atoms with van der Waals surface area (Å²) in [5.74, 6) is 2.24. The number of hydrogen-bond acceptors (Lipinski definition) is 8. The number of amides is 1. The molecule has 0 radical (unpaired) electrons. The van der Waals surface area contributed by atoms with E-state index in [1.165, 1.54) is 28.3 Å². The van der Waals surface area contributed by atoms with Crippen LogP contribution < -0.4 is 29.6 Å². The van der Waals surface area contributed by atoms with Crippen LogP contribution >= 0.6 is 15.9 Å². The van der Waals surface area contributed by atoms with E-state index in [2.05, 4.69) is 36.5 Å². The Morgan fingerprint density at radius 2 is 1.68 bits per heavy atom.